The van der Waals surface area contributed by atoms with Crippen LogP contribution in [0.25, 0.3) is 22.0 Å². The number of halogens is 1. The van der Waals surface area contributed by atoms with Gasteiger partial charge in [0.15, 0.2) is 6.29 Å². The summed E-state index contributed by atoms with van der Waals surface area (Å²) in [6.45, 7) is 1.75. The average Bonchev–Trinajstić information content (AvgIpc) is 2.46. The molecule has 0 bridgehead atoms. The maximum Gasteiger partial charge on any atom is 0.155 e. The van der Waals surface area contributed by atoms with Gasteiger partial charge in [0.1, 0.15) is 11.0 Å². The second kappa shape index (κ2) is 4.98. The molecule has 3 aromatic rings. The molecule has 0 aliphatic heterocycles. The number of aryl methyl sites for hydroxylation is 1. The molecular weight excluding hydrogens is 274 g/mol. The molecule has 2 aromatic heterocycles. The molecule has 0 spiro atoms. The Morgan fingerprint density at radius 3 is 2.85 bits per heavy atom. The van der Waals surface area contributed by atoms with E-state index in [0.717, 1.165) is 16.3 Å². The van der Waals surface area contributed by atoms with Crippen molar-refractivity contribution >= 4 is 28.7 Å². The molecule has 3 rings (SSSR count). The van der Waals surface area contributed by atoms with Crippen LogP contribution in [-0.4, -0.2) is 21.2 Å². The van der Waals surface area contributed by atoms with Crippen LogP contribution in [0.2, 0.25) is 5.15 Å². The van der Waals surface area contributed by atoms with Crippen LogP contribution in [0.15, 0.2) is 36.7 Å². The third kappa shape index (κ3) is 2.04. The van der Waals surface area contributed by atoms with Gasteiger partial charge in [-0.25, -0.2) is 9.97 Å². The molecule has 0 amide bonds. The van der Waals surface area contributed by atoms with E-state index in [1.165, 1.54) is 0 Å². The summed E-state index contributed by atoms with van der Waals surface area (Å²) in [6, 6.07) is 7.67. The van der Waals surface area contributed by atoms with Gasteiger partial charge in [0.05, 0.1) is 11.3 Å². The predicted molar refractivity (Wildman–Crippen MR) is 77.9 cm³/mol. The number of rotatable bonds is 2. The highest BCUT2D eigenvalue weighted by Gasteiger charge is 2.14. The highest BCUT2D eigenvalue weighted by molar-refractivity contribution is 6.32. The molecule has 0 N–H and O–H groups in total. The Bertz CT molecular complexity index is 812. The molecule has 0 saturated carbocycles. The van der Waals surface area contributed by atoms with E-state index in [0.29, 0.717) is 23.4 Å². The maximum atomic E-state index is 11.3. The summed E-state index contributed by atoms with van der Waals surface area (Å²) >= 11 is 6.04. The molecular formula is C15H10ClN3O. The number of fused-ring (bicyclic) bond motifs is 1. The molecule has 98 valence electrons. The molecule has 0 radical (unpaired) electrons. The quantitative estimate of drug-likeness (QED) is 0.534. The lowest BCUT2D eigenvalue weighted by Gasteiger charge is -2.09. The Balaban J connectivity index is 2.39. The SMILES string of the molecule is Cc1nc(Cl)c(C=O)c(-c2cccc3cnccc23)n1. The van der Waals surface area contributed by atoms with Crippen LogP contribution in [0, 0.1) is 6.92 Å². The lowest BCUT2D eigenvalue weighted by molar-refractivity contribution is 0.112. The minimum absolute atomic E-state index is 0.175. The monoisotopic (exact) mass is 283 g/mol. The van der Waals surface area contributed by atoms with Crippen LogP contribution < -0.4 is 0 Å². The van der Waals surface area contributed by atoms with Gasteiger partial charge >= 0.3 is 0 Å². The molecule has 20 heavy (non-hydrogen) atoms. The molecule has 0 unspecified atom stereocenters. The first-order valence-electron chi connectivity index (χ1n) is 6.03. The summed E-state index contributed by atoms with van der Waals surface area (Å²) in [5, 5.41) is 2.13. The van der Waals surface area contributed by atoms with Gasteiger partial charge in [-0.2, -0.15) is 0 Å². The first-order chi connectivity index (χ1) is 9.70. The van der Waals surface area contributed by atoms with Gasteiger partial charge in [0.2, 0.25) is 0 Å². The van der Waals surface area contributed by atoms with Crippen molar-refractivity contribution in [2.75, 3.05) is 0 Å². The molecule has 5 heteroatoms. The van der Waals surface area contributed by atoms with Crippen molar-refractivity contribution in [2.45, 2.75) is 6.92 Å². The number of benzene rings is 1. The van der Waals surface area contributed by atoms with E-state index >= 15 is 0 Å². The Morgan fingerprint density at radius 1 is 1.20 bits per heavy atom. The van der Waals surface area contributed by atoms with Crippen molar-refractivity contribution in [3.8, 4) is 11.3 Å². The molecule has 1 aromatic carbocycles. The van der Waals surface area contributed by atoms with Gasteiger partial charge in [0.25, 0.3) is 0 Å². The van der Waals surface area contributed by atoms with Crippen molar-refractivity contribution in [1.29, 1.82) is 0 Å². The summed E-state index contributed by atoms with van der Waals surface area (Å²) in [6.07, 6.45) is 4.17. The smallest absolute Gasteiger partial charge is 0.155 e. The van der Waals surface area contributed by atoms with Gasteiger partial charge in [0, 0.05) is 23.3 Å². The van der Waals surface area contributed by atoms with E-state index in [-0.39, 0.29) is 5.15 Å². The Hall–Kier alpha value is -2.33. The van der Waals surface area contributed by atoms with Crippen LogP contribution in [0.1, 0.15) is 16.2 Å². The zero-order valence-corrected chi connectivity index (χ0v) is 11.4. The van der Waals surface area contributed by atoms with Crippen LogP contribution in [0.5, 0.6) is 0 Å². The average molecular weight is 284 g/mol. The van der Waals surface area contributed by atoms with Crippen molar-refractivity contribution < 1.29 is 4.79 Å². The normalized spacial score (nSPS) is 10.7. The number of carbonyl (C=O) groups is 1. The summed E-state index contributed by atoms with van der Waals surface area (Å²) in [7, 11) is 0. The minimum Gasteiger partial charge on any atom is -0.298 e. The molecule has 0 aliphatic carbocycles. The topological polar surface area (TPSA) is 55.7 Å². The Labute approximate surface area is 120 Å². The zero-order valence-electron chi connectivity index (χ0n) is 10.7. The van der Waals surface area contributed by atoms with E-state index in [1.54, 1.807) is 19.3 Å². The summed E-state index contributed by atoms with van der Waals surface area (Å²) in [5.74, 6) is 0.529. The second-order valence-electron chi connectivity index (χ2n) is 4.34. The number of nitrogens with zero attached hydrogens (tertiary/aromatic N) is 3. The van der Waals surface area contributed by atoms with Crippen LogP contribution >= 0.6 is 11.6 Å². The van der Waals surface area contributed by atoms with Crippen molar-refractivity contribution in [3.63, 3.8) is 0 Å². The van der Waals surface area contributed by atoms with Crippen molar-refractivity contribution in [2.24, 2.45) is 0 Å². The maximum absolute atomic E-state index is 11.3. The highest BCUT2D eigenvalue weighted by atomic mass is 35.5. The number of aromatic nitrogens is 3. The fraction of sp³-hybridized carbons (Fsp3) is 0.0667. The number of carbonyl (C=O) groups excluding carboxylic acids is 1. The van der Waals surface area contributed by atoms with E-state index < -0.39 is 0 Å². The summed E-state index contributed by atoms with van der Waals surface area (Å²) in [5.41, 5.74) is 1.70. The largest absolute Gasteiger partial charge is 0.298 e. The molecule has 0 atom stereocenters. The minimum atomic E-state index is 0.175. The standard InChI is InChI=1S/C15H10ClN3O/c1-9-18-14(13(8-20)15(16)19-9)12-4-2-3-10-7-17-6-5-11(10)12/h2-8H,1H3. The van der Waals surface area contributed by atoms with E-state index in [2.05, 4.69) is 15.0 Å². The van der Waals surface area contributed by atoms with Crippen LogP contribution in [-0.2, 0) is 0 Å². The Morgan fingerprint density at radius 2 is 2.05 bits per heavy atom. The van der Waals surface area contributed by atoms with Gasteiger partial charge in [-0.15, -0.1) is 0 Å². The number of hydrogen-bond acceptors (Lipinski definition) is 4. The number of pyridine rings is 1. The van der Waals surface area contributed by atoms with Gasteiger partial charge < -0.3 is 0 Å². The molecule has 0 fully saturated rings. The fourth-order valence-corrected chi connectivity index (χ4v) is 2.44. The molecule has 2 heterocycles. The molecule has 0 aliphatic rings. The summed E-state index contributed by atoms with van der Waals surface area (Å²) in [4.78, 5) is 23.8. The predicted octanol–water partition coefficient (Wildman–Crippen LogP) is 3.47. The number of hydrogen-bond donors (Lipinski definition) is 0. The van der Waals surface area contributed by atoms with Gasteiger partial charge in [-0.1, -0.05) is 29.8 Å². The fourth-order valence-electron chi connectivity index (χ4n) is 2.19. The van der Waals surface area contributed by atoms with E-state index in [4.69, 9.17) is 11.6 Å². The second-order valence-corrected chi connectivity index (χ2v) is 4.70. The number of aldehydes is 1. The third-order valence-electron chi connectivity index (χ3n) is 3.06. The van der Waals surface area contributed by atoms with Crippen molar-refractivity contribution in [3.05, 3.63) is 53.2 Å². The highest BCUT2D eigenvalue weighted by Crippen LogP contribution is 2.30. The first-order valence-corrected chi connectivity index (χ1v) is 6.41. The van der Waals surface area contributed by atoms with Crippen molar-refractivity contribution in [1.82, 2.24) is 15.0 Å². The summed E-state index contributed by atoms with van der Waals surface area (Å²) < 4.78 is 0. The lowest BCUT2D eigenvalue weighted by Crippen LogP contribution is -1.99. The van der Waals surface area contributed by atoms with E-state index in [1.807, 2.05) is 24.3 Å². The molecule has 0 saturated heterocycles. The van der Waals surface area contributed by atoms with E-state index in [9.17, 15) is 4.79 Å². The van der Waals surface area contributed by atoms with Crippen LogP contribution in [0.3, 0.4) is 0 Å². The first kappa shape index (κ1) is 12.7. The lowest BCUT2D eigenvalue weighted by atomic mass is 10.0. The third-order valence-corrected chi connectivity index (χ3v) is 3.35. The zero-order chi connectivity index (χ0) is 14.1. The molecule has 4 nitrogen and oxygen atoms in total. The van der Waals surface area contributed by atoms with Gasteiger partial charge in [-0.3, -0.25) is 9.78 Å². The van der Waals surface area contributed by atoms with Crippen LogP contribution in [0.4, 0.5) is 0 Å². The van der Waals surface area contributed by atoms with Gasteiger partial charge in [-0.05, 0) is 18.4 Å². The Kier molecular flexibility index (Phi) is 3.16.